The molecule has 0 aliphatic heterocycles. The highest BCUT2D eigenvalue weighted by molar-refractivity contribution is 5.77. The summed E-state index contributed by atoms with van der Waals surface area (Å²) in [5.74, 6) is 1.73. The third-order valence-corrected chi connectivity index (χ3v) is 3.34. The van der Waals surface area contributed by atoms with E-state index in [4.69, 9.17) is 4.42 Å². The molecule has 1 aromatic heterocycles. The van der Waals surface area contributed by atoms with Crippen LogP contribution in [-0.2, 0) is 0 Å². The highest BCUT2D eigenvalue weighted by Gasteiger charge is 2.11. The van der Waals surface area contributed by atoms with Crippen LogP contribution in [-0.4, -0.2) is 6.54 Å². The lowest BCUT2D eigenvalue weighted by molar-refractivity contribution is 0.411. The van der Waals surface area contributed by atoms with Crippen LogP contribution in [0.5, 0.6) is 0 Å². The molecule has 2 nitrogen and oxygen atoms in total. The Morgan fingerprint density at radius 1 is 1.24 bits per heavy atom. The molecule has 0 aliphatic rings. The average molecular weight is 231 g/mol. The first kappa shape index (κ1) is 12.2. The number of fused-ring (bicyclic) bond motifs is 1. The first-order valence-corrected chi connectivity index (χ1v) is 6.42. The summed E-state index contributed by atoms with van der Waals surface area (Å²) in [7, 11) is 0. The van der Waals surface area contributed by atoms with Gasteiger partial charge in [0, 0.05) is 5.39 Å². The van der Waals surface area contributed by atoms with Crippen molar-refractivity contribution in [1.82, 2.24) is 5.32 Å². The minimum absolute atomic E-state index is 0.274. The van der Waals surface area contributed by atoms with Crippen molar-refractivity contribution in [2.45, 2.75) is 33.2 Å². The standard InChI is InChI=1S/C15H21NO/c1-4-11(2)10-16-12(3)15-9-13-7-5-6-8-14(13)17-15/h5-9,11-12,16H,4,10H2,1-3H3/t11-,12-/m1/s1. The van der Waals surface area contributed by atoms with Gasteiger partial charge in [0.05, 0.1) is 6.04 Å². The SMILES string of the molecule is CC[C@@H](C)CN[C@H](C)c1cc2ccccc2o1. The third kappa shape index (κ3) is 2.89. The van der Waals surface area contributed by atoms with E-state index in [0.29, 0.717) is 5.92 Å². The van der Waals surface area contributed by atoms with Gasteiger partial charge in [-0.2, -0.15) is 0 Å². The van der Waals surface area contributed by atoms with Crippen LogP contribution in [0, 0.1) is 5.92 Å². The molecule has 1 heterocycles. The van der Waals surface area contributed by atoms with Gasteiger partial charge in [0.1, 0.15) is 11.3 Å². The van der Waals surface area contributed by atoms with Gasteiger partial charge in [-0.25, -0.2) is 0 Å². The normalized spacial score (nSPS) is 15.0. The van der Waals surface area contributed by atoms with E-state index in [1.165, 1.54) is 11.8 Å². The Morgan fingerprint density at radius 2 is 2.00 bits per heavy atom. The van der Waals surface area contributed by atoms with Gasteiger partial charge in [0.15, 0.2) is 0 Å². The summed E-state index contributed by atoms with van der Waals surface area (Å²) in [5.41, 5.74) is 0.972. The molecule has 1 aromatic carbocycles. The summed E-state index contributed by atoms with van der Waals surface area (Å²) in [6.07, 6.45) is 1.21. The molecule has 1 N–H and O–H groups in total. The van der Waals surface area contributed by atoms with E-state index in [2.05, 4.69) is 38.2 Å². The fraction of sp³-hybridized carbons (Fsp3) is 0.467. The largest absolute Gasteiger partial charge is 0.459 e. The Morgan fingerprint density at radius 3 is 2.71 bits per heavy atom. The van der Waals surface area contributed by atoms with Crippen LogP contribution in [0.3, 0.4) is 0 Å². The van der Waals surface area contributed by atoms with Crippen molar-refractivity contribution in [3.8, 4) is 0 Å². The second kappa shape index (κ2) is 5.37. The summed E-state index contributed by atoms with van der Waals surface area (Å²) in [6.45, 7) is 7.67. The molecule has 0 spiro atoms. The Balaban J connectivity index is 2.06. The number of furan rings is 1. The zero-order valence-electron chi connectivity index (χ0n) is 10.9. The average Bonchev–Trinajstić information content (AvgIpc) is 2.79. The summed E-state index contributed by atoms with van der Waals surface area (Å²) < 4.78 is 5.83. The van der Waals surface area contributed by atoms with Crippen molar-refractivity contribution in [3.63, 3.8) is 0 Å². The highest BCUT2D eigenvalue weighted by atomic mass is 16.3. The van der Waals surface area contributed by atoms with Crippen molar-refractivity contribution >= 4 is 11.0 Å². The Labute approximate surface area is 103 Å². The number of hydrogen-bond acceptors (Lipinski definition) is 2. The second-order valence-electron chi connectivity index (χ2n) is 4.83. The molecule has 92 valence electrons. The van der Waals surface area contributed by atoms with E-state index in [1.54, 1.807) is 0 Å². The Kier molecular flexibility index (Phi) is 3.85. The van der Waals surface area contributed by atoms with E-state index in [-0.39, 0.29) is 6.04 Å². The zero-order valence-corrected chi connectivity index (χ0v) is 10.9. The Bertz CT molecular complexity index is 441. The minimum atomic E-state index is 0.274. The fourth-order valence-electron chi connectivity index (χ4n) is 1.84. The van der Waals surface area contributed by atoms with Gasteiger partial charge in [-0.3, -0.25) is 0 Å². The molecular formula is C15H21NO. The maximum absolute atomic E-state index is 5.83. The quantitative estimate of drug-likeness (QED) is 0.837. The van der Waals surface area contributed by atoms with Gasteiger partial charge in [0.25, 0.3) is 0 Å². The summed E-state index contributed by atoms with van der Waals surface area (Å²) >= 11 is 0. The van der Waals surface area contributed by atoms with E-state index < -0.39 is 0 Å². The summed E-state index contributed by atoms with van der Waals surface area (Å²) in [4.78, 5) is 0. The first-order valence-electron chi connectivity index (χ1n) is 6.42. The predicted octanol–water partition coefficient (Wildman–Crippen LogP) is 4.13. The zero-order chi connectivity index (χ0) is 12.3. The Hall–Kier alpha value is -1.28. The molecule has 0 aliphatic carbocycles. The van der Waals surface area contributed by atoms with Crippen molar-refractivity contribution in [3.05, 3.63) is 36.1 Å². The lowest BCUT2D eigenvalue weighted by Gasteiger charge is -2.14. The molecule has 2 aromatic rings. The molecule has 0 saturated carbocycles. The molecule has 0 amide bonds. The lowest BCUT2D eigenvalue weighted by Crippen LogP contribution is -2.23. The number of benzene rings is 1. The van der Waals surface area contributed by atoms with Crippen LogP contribution < -0.4 is 5.32 Å². The maximum atomic E-state index is 5.83. The monoisotopic (exact) mass is 231 g/mol. The molecule has 0 fully saturated rings. The number of nitrogens with one attached hydrogen (secondary N) is 1. The van der Waals surface area contributed by atoms with E-state index in [9.17, 15) is 0 Å². The maximum Gasteiger partial charge on any atom is 0.134 e. The molecule has 0 bridgehead atoms. The van der Waals surface area contributed by atoms with Crippen LogP contribution in [0.4, 0.5) is 0 Å². The van der Waals surface area contributed by atoms with Gasteiger partial charge in [-0.05, 0) is 31.5 Å². The molecule has 17 heavy (non-hydrogen) atoms. The van der Waals surface area contributed by atoms with Crippen LogP contribution in [0.2, 0.25) is 0 Å². The smallest absolute Gasteiger partial charge is 0.134 e. The van der Waals surface area contributed by atoms with Crippen LogP contribution >= 0.6 is 0 Å². The minimum Gasteiger partial charge on any atom is -0.459 e. The van der Waals surface area contributed by atoms with Gasteiger partial charge in [0.2, 0.25) is 0 Å². The van der Waals surface area contributed by atoms with Crippen LogP contribution in [0.25, 0.3) is 11.0 Å². The van der Waals surface area contributed by atoms with Crippen LogP contribution in [0.1, 0.15) is 39.0 Å². The number of para-hydroxylation sites is 1. The molecule has 0 saturated heterocycles. The molecule has 0 radical (unpaired) electrons. The topological polar surface area (TPSA) is 25.2 Å². The summed E-state index contributed by atoms with van der Waals surface area (Å²) in [5, 5.41) is 4.70. The van der Waals surface area contributed by atoms with Gasteiger partial charge >= 0.3 is 0 Å². The predicted molar refractivity (Wildman–Crippen MR) is 72.1 cm³/mol. The lowest BCUT2D eigenvalue weighted by atomic mass is 10.1. The number of hydrogen-bond donors (Lipinski definition) is 1. The number of rotatable bonds is 5. The highest BCUT2D eigenvalue weighted by Crippen LogP contribution is 2.23. The van der Waals surface area contributed by atoms with Crippen molar-refractivity contribution in [1.29, 1.82) is 0 Å². The van der Waals surface area contributed by atoms with Gasteiger partial charge < -0.3 is 9.73 Å². The third-order valence-electron chi connectivity index (χ3n) is 3.34. The fourth-order valence-corrected chi connectivity index (χ4v) is 1.84. The second-order valence-corrected chi connectivity index (χ2v) is 4.83. The molecular weight excluding hydrogens is 210 g/mol. The molecule has 2 atom stereocenters. The van der Waals surface area contributed by atoms with Crippen LogP contribution in [0.15, 0.2) is 34.7 Å². The van der Waals surface area contributed by atoms with E-state index in [0.717, 1.165) is 17.9 Å². The van der Waals surface area contributed by atoms with Crippen molar-refractivity contribution in [2.75, 3.05) is 6.54 Å². The first-order chi connectivity index (χ1) is 8.20. The molecule has 2 rings (SSSR count). The van der Waals surface area contributed by atoms with Gasteiger partial charge in [-0.1, -0.05) is 38.5 Å². The molecule has 2 heteroatoms. The van der Waals surface area contributed by atoms with E-state index in [1.807, 2.05) is 18.2 Å². The molecule has 0 unspecified atom stereocenters. The van der Waals surface area contributed by atoms with E-state index >= 15 is 0 Å². The van der Waals surface area contributed by atoms with Crippen molar-refractivity contribution < 1.29 is 4.42 Å². The van der Waals surface area contributed by atoms with Gasteiger partial charge in [-0.15, -0.1) is 0 Å². The van der Waals surface area contributed by atoms with Crippen molar-refractivity contribution in [2.24, 2.45) is 5.92 Å². The summed E-state index contributed by atoms with van der Waals surface area (Å²) in [6, 6.07) is 10.6.